The van der Waals surface area contributed by atoms with Crippen LogP contribution >= 0.6 is 0 Å². The van der Waals surface area contributed by atoms with E-state index in [2.05, 4.69) is 20.8 Å². The lowest BCUT2D eigenvalue weighted by Gasteiger charge is -2.09. The molecule has 8 nitrogen and oxygen atoms in total. The fourth-order valence-electron chi connectivity index (χ4n) is 2.22. The smallest absolute Gasteiger partial charge is 0.327 e. The molecule has 0 saturated carbocycles. The molecule has 2 heterocycles. The van der Waals surface area contributed by atoms with Crippen LogP contribution in [0.5, 0.6) is 5.75 Å². The van der Waals surface area contributed by atoms with Crippen LogP contribution in [0.4, 0.5) is 16.5 Å². The molecule has 0 bridgehead atoms. The highest BCUT2D eigenvalue weighted by atomic mass is 16.5. The van der Waals surface area contributed by atoms with E-state index in [1.165, 1.54) is 7.11 Å². The first kappa shape index (κ1) is 15.6. The minimum atomic E-state index is -0.519. The standard InChI is InChI=1S/C16H16N4O4/c1-9-8-11(10(2)23-9)14-19-20-16(24-14)18-15(21)17-12-6-4-5-7-13(12)22-3/h4-8H,1-3H3,(H2,17,18,20,21). The van der Waals surface area contributed by atoms with E-state index < -0.39 is 6.03 Å². The number of furan rings is 1. The average molecular weight is 328 g/mol. The molecule has 0 radical (unpaired) electrons. The largest absolute Gasteiger partial charge is 0.495 e. The summed E-state index contributed by atoms with van der Waals surface area (Å²) >= 11 is 0. The first-order chi connectivity index (χ1) is 11.6. The minimum absolute atomic E-state index is 0.0179. The third kappa shape index (κ3) is 3.22. The Morgan fingerprint density at radius 3 is 2.62 bits per heavy atom. The van der Waals surface area contributed by atoms with Crippen molar-refractivity contribution in [2.75, 3.05) is 17.7 Å². The van der Waals surface area contributed by atoms with Crippen molar-refractivity contribution in [2.24, 2.45) is 0 Å². The zero-order valence-corrected chi connectivity index (χ0v) is 13.4. The Kier molecular flexibility index (Phi) is 4.19. The zero-order valence-electron chi connectivity index (χ0n) is 13.4. The molecule has 3 rings (SSSR count). The average Bonchev–Trinajstić information content (AvgIpc) is 3.13. The van der Waals surface area contributed by atoms with Gasteiger partial charge in [0.05, 0.1) is 18.4 Å². The zero-order chi connectivity index (χ0) is 17.1. The number of benzene rings is 1. The van der Waals surface area contributed by atoms with E-state index in [1.807, 2.05) is 6.92 Å². The van der Waals surface area contributed by atoms with Crippen LogP contribution < -0.4 is 15.4 Å². The minimum Gasteiger partial charge on any atom is -0.495 e. The number of para-hydroxylation sites is 2. The molecule has 8 heteroatoms. The molecule has 0 aliphatic heterocycles. The molecule has 0 aliphatic carbocycles. The van der Waals surface area contributed by atoms with Gasteiger partial charge in [0.1, 0.15) is 17.3 Å². The predicted octanol–water partition coefficient (Wildman–Crippen LogP) is 3.60. The number of hydrogen-bond acceptors (Lipinski definition) is 6. The summed E-state index contributed by atoms with van der Waals surface area (Å²) in [4.78, 5) is 12.0. The van der Waals surface area contributed by atoms with Gasteiger partial charge < -0.3 is 18.9 Å². The molecule has 3 aromatic rings. The van der Waals surface area contributed by atoms with Gasteiger partial charge in [0.2, 0.25) is 0 Å². The summed E-state index contributed by atoms with van der Waals surface area (Å²) in [5.74, 6) is 2.23. The molecule has 0 unspecified atom stereocenters. The maximum Gasteiger partial charge on any atom is 0.327 e. The predicted molar refractivity (Wildman–Crippen MR) is 87.1 cm³/mol. The van der Waals surface area contributed by atoms with E-state index in [0.29, 0.717) is 22.8 Å². The van der Waals surface area contributed by atoms with Gasteiger partial charge in [-0.1, -0.05) is 17.2 Å². The molecular weight excluding hydrogens is 312 g/mol. The van der Waals surface area contributed by atoms with Gasteiger partial charge >= 0.3 is 12.0 Å². The Balaban J connectivity index is 1.70. The van der Waals surface area contributed by atoms with E-state index in [4.69, 9.17) is 13.6 Å². The maximum atomic E-state index is 12.0. The second-order valence-corrected chi connectivity index (χ2v) is 5.02. The monoisotopic (exact) mass is 328 g/mol. The summed E-state index contributed by atoms with van der Waals surface area (Å²) < 4.78 is 16.0. The number of aryl methyl sites for hydroxylation is 2. The Labute approximate surface area is 137 Å². The van der Waals surface area contributed by atoms with Crippen molar-refractivity contribution in [2.45, 2.75) is 13.8 Å². The number of nitrogens with one attached hydrogen (secondary N) is 2. The highest BCUT2D eigenvalue weighted by Gasteiger charge is 2.16. The van der Waals surface area contributed by atoms with Gasteiger partial charge in [-0.15, -0.1) is 5.10 Å². The van der Waals surface area contributed by atoms with Crippen LogP contribution in [-0.2, 0) is 0 Å². The van der Waals surface area contributed by atoms with Gasteiger partial charge in [-0.05, 0) is 32.0 Å². The third-order valence-electron chi connectivity index (χ3n) is 3.27. The lowest BCUT2D eigenvalue weighted by molar-refractivity contribution is 0.261. The number of urea groups is 1. The number of ether oxygens (including phenoxy) is 1. The van der Waals surface area contributed by atoms with Crippen LogP contribution in [0.15, 0.2) is 39.2 Å². The lowest BCUT2D eigenvalue weighted by atomic mass is 10.2. The number of methoxy groups -OCH3 is 1. The molecule has 0 atom stereocenters. The number of carbonyl (C=O) groups is 1. The van der Waals surface area contributed by atoms with Gasteiger partial charge in [-0.2, -0.15) is 0 Å². The molecule has 0 saturated heterocycles. The van der Waals surface area contributed by atoms with Crippen LogP contribution in [-0.4, -0.2) is 23.3 Å². The summed E-state index contributed by atoms with van der Waals surface area (Å²) in [6.45, 7) is 3.63. The van der Waals surface area contributed by atoms with Crippen LogP contribution in [0.1, 0.15) is 11.5 Å². The van der Waals surface area contributed by atoms with Gasteiger partial charge in [0.15, 0.2) is 0 Å². The molecule has 2 amide bonds. The Bertz CT molecular complexity index is 869. The second-order valence-electron chi connectivity index (χ2n) is 5.02. The number of aromatic nitrogens is 2. The number of carbonyl (C=O) groups excluding carboxylic acids is 1. The molecule has 2 N–H and O–H groups in total. The highest BCUT2D eigenvalue weighted by molar-refractivity contribution is 5.99. The van der Waals surface area contributed by atoms with E-state index >= 15 is 0 Å². The van der Waals surface area contributed by atoms with E-state index in [-0.39, 0.29) is 11.9 Å². The molecule has 0 spiro atoms. The van der Waals surface area contributed by atoms with Crippen molar-refractivity contribution < 1.29 is 18.4 Å². The first-order valence-corrected chi connectivity index (χ1v) is 7.18. The molecule has 0 aliphatic rings. The second kappa shape index (κ2) is 6.45. The Morgan fingerprint density at radius 2 is 1.92 bits per heavy atom. The highest BCUT2D eigenvalue weighted by Crippen LogP contribution is 2.27. The number of hydrogen-bond donors (Lipinski definition) is 2. The van der Waals surface area contributed by atoms with Gasteiger partial charge in [0.25, 0.3) is 5.89 Å². The third-order valence-corrected chi connectivity index (χ3v) is 3.27. The summed E-state index contributed by atoms with van der Waals surface area (Å²) in [5.41, 5.74) is 1.22. The molecule has 1 aromatic carbocycles. The summed E-state index contributed by atoms with van der Waals surface area (Å²) in [6.07, 6.45) is 0. The SMILES string of the molecule is COc1ccccc1NC(=O)Nc1nnc(-c2cc(C)oc2C)o1. The van der Waals surface area contributed by atoms with Gasteiger partial charge in [-0.3, -0.25) is 5.32 Å². The van der Waals surface area contributed by atoms with Crippen molar-refractivity contribution in [3.8, 4) is 17.2 Å². The molecular formula is C16H16N4O4. The molecule has 0 fully saturated rings. The van der Waals surface area contributed by atoms with E-state index in [1.54, 1.807) is 37.3 Å². The van der Waals surface area contributed by atoms with Crippen molar-refractivity contribution >= 4 is 17.7 Å². The Morgan fingerprint density at radius 1 is 1.12 bits per heavy atom. The number of amides is 2. The van der Waals surface area contributed by atoms with Crippen molar-refractivity contribution in [1.29, 1.82) is 0 Å². The molecule has 124 valence electrons. The normalized spacial score (nSPS) is 10.5. The maximum absolute atomic E-state index is 12.0. The fraction of sp³-hybridized carbons (Fsp3) is 0.188. The lowest BCUT2D eigenvalue weighted by Crippen LogP contribution is -2.20. The topological polar surface area (TPSA) is 102 Å². The number of anilines is 2. The number of nitrogens with zero attached hydrogens (tertiary/aromatic N) is 2. The quantitative estimate of drug-likeness (QED) is 0.758. The first-order valence-electron chi connectivity index (χ1n) is 7.18. The van der Waals surface area contributed by atoms with Crippen molar-refractivity contribution in [3.63, 3.8) is 0 Å². The van der Waals surface area contributed by atoms with Crippen LogP contribution in [0.3, 0.4) is 0 Å². The van der Waals surface area contributed by atoms with Crippen molar-refractivity contribution in [1.82, 2.24) is 10.2 Å². The summed E-state index contributed by atoms with van der Waals surface area (Å²) in [5, 5.41) is 12.9. The van der Waals surface area contributed by atoms with Crippen LogP contribution in [0, 0.1) is 13.8 Å². The summed E-state index contributed by atoms with van der Waals surface area (Å²) in [6, 6.07) is 8.31. The van der Waals surface area contributed by atoms with Gasteiger partial charge in [0, 0.05) is 0 Å². The molecule has 2 aromatic heterocycles. The summed E-state index contributed by atoms with van der Waals surface area (Å²) in [7, 11) is 1.53. The van der Waals surface area contributed by atoms with E-state index in [0.717, 1.165) is 5.76 Å². The molecule has 24 heavy (non-hydrogen) atoms. The Hall–Kier alpha value is -3.29. The number of rotatable bonds is 4. The van der Waals surface area contributed by atoms with Gasteiger partial charge in [-0.25, -0.2) is 4.79 Å². The van der Waals surface area contributed by atoms with Crippen molar-refractivity contribution in [3.05, 3.63) is 41.9 Å². The van der Waals surface area contributed by atoms with Crippen LogP contribution in [0.2, 0.25) is 0 Å². The fourth-order valence-corrected chi connectivity index (χ4v) is 2.22. The van der Waals surface area contributed by atoms with E-state index in [9.17, 15) is 4.79 Å². The van der Waals surface area contributed by atoms with Crippen LogP contribution in [0.25, 0.3) is 11.5 Å².